The normalized spacial score (nSPS) is 11.6. The number of carbonyl (C=O) groups excluding carboxylic acids is 2. The molecule has 1 aromatic rings. The summed E-state index contributed by atoms with van der Waals surface area (Å²) in [6, 6.07) is 3.38. The number of aromatic hydroxyl groups is 2. The first kappa shape index (κ1) is 13.8. The summed E-state index contributed by atoms with van der Waals surface area (Å²) in [5, 5.41) is 20.8. The highest BCUT2D eigenvalue weighted by Crippen LogP contribution is 2.25. The van der Waals surface area contributed by atoms with Gasteiger partial charge in [-0.1, -0.05) is 6.07 Å². The highest BCUT2D eigenvalue weighted by molar-refractivity contribution is 5.78. The van der Waals surface area contributed by atoms with E-state index < -0.39 is 12.0 Å². The second-order valence-corrected chi connectivity index (χ2v) is 3.62. The number of amides is 1. The summed E-state index contributed by atoms with van der Waals surface area (Å²) in [6.07, 6.45) is 0.591. The molecule has 1 unspecified atom stereocenters. The van der Waals surface area contributed by atoms with Crippen molar-refractivity contribution in [1.29, 1.82) is 0 Å². The Bertz CT molecular complexity index is 432. The third-order valence-corrected chi connectivity index (χ3v) is 2.32. The van der Waals surface area contributed by atoms with Crippen molar-refractivity contribution in [2.24, 2.45) is 0 Å². The Labute approximate surface area is 104 Å². The molecular weight excluding hydrogens is 238 g/mol. The first-order valence-electron chi connectivity index (χ1n) is 5.45. The summed E-state index contributed by atoms with van der Waals surface area (Å²) in [5.41, 5.74) is 0.595. The van der Waals surface area contributed by atoms with Gasteiger partial charge in [0, 0.05) is 6.42 Å². The van der Waals surface area contributed by atoms with Crippen LogP contribution in [-0.2, 0) is 20.7 Å². The van der Waals surface area contributed by atoms with Crippen molar-refractivity contribution in [1.82, 2.24) is 5.32 Å². The quantitative estimate of drug-likeness (QED) is 0.385. The average Bonchev–Trinajstić information content (AvgIpc) is 2.33. The Hall–Kier alpha value is -2.24. The standard InChI is InChI=1S/C12H15NO5/c1-2-18-12(17)9(13-7-14)5-8-3-4-10(15)11(16)6-8/h3-4,6-7,9,15-16H,2,5H2,1H3,(H,13,14). The van der Waals surface area contributed by atoms with Gasteiger partial charge >= 0.3 is 5.97 Å². The maximum atomic E-state index is 11.5. The molecule has 0 fully saturated rings. The Morgan fingerprint density at radius 3 is 2.72 bits per heavy atom. The maximum Gasteiger partial charge on any atom is 0.328 e. The fourth-order valence-electron chi connectivity index (χ4n) is 1.47. The third-order valence-electron chi connectivity index (χ3n) is 2.32. The molecule has 1 atom stereocenters. The minimum Gasteiger partial charge on any atom is -0.504 e. The fourth-order valence-corrected chi connectivity index (χ4v) is 1.47. The van der Waals surface area contributed by atoms with E-state index in [2.05, 4.69) is 5.32 Å². The molecular formula is C12H15NO5. The van der Waals surface area contributed by atoms with Crippen molar-refractivity contribution < 1.29 is 24.5 Å². The van der Waals surface area contributed by atoms with Crippen molar-refractivity contribution in [2.75, 3.05) is 6.61 Å². The summed E-state index contributed by atoms with van der Waals surface area (Å²) in [6.45, 7) is 1.89. The van der Waals surface area contributed by atoms with Crippen LogP contribution in [0.1, 0.15) is 12.5 Å². The van der Waals surface area contributed by atoms with Gasteiger partial charge in [0.15, 0.2) is 11.5 Å². The molecule has 1 amide bonds. The van der Waals surface area contributed by atoms with Crippen LogP contribution in [0.5, 0.6) is 11.5 Å². The van der Waals surface area contributed by atoms with Crippen molar-refractivity contribution in [3.63, 3.8) is 0 Å². The second-order valence-electron chi connectivity index (χ2n) is 3.62. The number of esters is 1. The second kappa shape index (κ2) is 6.48. The number of rotatable bonds is 6. The molecule has 6 nitrogen and oxygen atoms in total. The van der Waals surface area contributed by atoms with Gasteiger partial charge in [-0.05, 0) is 24.6 Å². The number of phenols is 2. The molecule has 0 radical (unpaired) electrons. The molecule has 98 valence electrons. The monoisotopic (exact) mass is 253 g/mol. The van der Waals surface area contributed by atoms with Crippen molar-refractivity contribution >= 4 is 12.4 Å². The molecule has 0 aromatic heterocycles. The third kappa shape index (κ3) is 3.65. The Kier molecular flexibility index (Phi) is 4.98. The van der Waals surface area contributed by atoms with Crippen LogP contribution in [0.25, 0.3) is 0 Å². The van der Waals surface area contributed by atoms with E-state index in [4.69, 9.17) is 9.84 Å². The van der Waals surface area contributed by atoms with Gasteiger partial charge in [0.05, 0.1) is 6.61 Å². The molecule has 1 aromatic carbocycles. The lowest BCUT2D eigenvalue weighted by atomic mass is 10.1. The van der Waals surface area contributed by atoms with Gasteiger partial charge in [-0.2, -0.15) is 0 Å². The minimum atomic E-state index is -0.814. The first-order chi connectivity index (χ1) is 8.58. The summed E-state index contributed by atoms with van der Waals surface area (Å²) in [5.74, 6) is -1.06. The summed E-state index contributed by atoms with van der Waals surface area (Å²) >= 11 is 0. The van der Waals surface area contributed by atoms with Gasteiger partial charge in [0.2, 0.25) is 6.41 Å². The fraction of sp³-hybridized carbons (Fsp3) is 0.333. The Morgan fingerprint density at radius 1 is 1.44 bits per heavy atom. The van der Waals surface area contributed by atoms with Gasteiger partial charge in [-0.15, -0.1) is 0 Å². The van der Waals surface area contributed by atoms with Crippen LogP contribution in [0.15, 0.2) is 18.2 Å². The first-order valence-corrected chi connectivity index (χ1v) is 5.45. The lowest BCUT2D eigenvalue weighted by Gasteiger charge is -2.14. The predicted octanol–water partition coefficient (Wildman–Crippen LogP) is 0.318. The van der Waals surface area contributed by atoms with Crippen molar-refractivity contribution in [2.45, 2.75) is 19.4 Å². The van der Waals surface area contributed by atoms with Crippen LogP contribution in [0, 0.1) is 0 Å². The zero-order valence-corrected chi connectivity index (χ0v) is 9.92. The van der Waals surface area contributed by atoms with Crippen LogP contribution in [0.2, 0.25) is 0 Å². The zero-order chi connectivity index (χ0) is 13.5. The number of hydrogen-bond acceptors (Lipinski definition) is 5. The topological polar surface area (TPSA) is 95.9 Å². The summed E-state index contributed by atoms with van der Waals surface area (Å²) in [4.78, 5) is 22.0. The Balaban J connectivity index is 2.79. The van der Waals surface area contributed by atoms with Crippen LogP contribution in [0.3, 0.4) is 0 Å². The van der Waals surface area contributed by atoms with E-state index in [1.54, 1.807) is 13.0 Å². The number of carbonyl (C=O) groups is 2. The molecule has 1 rings (SSSR count). The Morgan fingerprint density at radius 2 is 2.17 bits per heavy atom. The van der Waals surface area contributed by atoms with Crippen molar-refractivity contribution in [3.8, 4) is 11.5 Å². The lowest BCUT2D eigenvalue weighted by molar-refractivity contribution is -0.146. The van der Waals surface area contributed by atoms with Crippen molar-refractivity contribution in [3.05, 3.63) is 23.8 Å². The highest BCUT2D eigenvalue weighted by atomic mass is 16.5. The van der Waals surface area contributed by atoms with E-state index in [0.717, 1.165) is 0 Å². The summed E-state index contributed by atoms with van der Waals surface area (Å²) in [7, 11) is 0. The highest BCUT2D eigenvalue weighted by Gasteiger charge is 2.19. The van der Waals surface area contributed by atoms with Gasteiger partial charge < -0.3 is 20.3 Å². The van der Waals surface area contributed by atoms with Crippen LogP contribution in [0.4, 0.5) is 0 Å². The van der Waals surface area contributed by atoms with E-state index in [0.29, 0.717) is 12.0 Å². The zero-order valence-electron chi connectivity index (χ0n) is 9.92. The van der Waals surface area contributed by atoms with E-state index in [1.165, 1.54) is 12.1 Å². The molecule has 0 saturated heterocycles. The number of phenolic OH excluding ortho intramolecular Hbond substituents is 2. The molecule has 0 heterocycles. The van der Waals surface area contributed by atoms with Crippen LogP contribution < -0.4 is 5.32 Å². The van der Waals surface area contributed by atoms with E-state index in [-0.39, 0.29) is 24.5 Å². The number of hydrogen-bond donors (Lipinski definition) is 3. The number of nitrogens with one attached hydrogen (secondary N) is 1. The molecule has 0 spiro atoms. The largest absolute Gasteiger partial charge is 0.504 e. The molecule has 0 bridgehead atoms. The van der Waals surface area contributed by atoms with E-state index in [9.17, 15) is 14.7 Å². The molecule has 0 aliphatic rings. The maximum absolute atomic E-state index is 11.5. The molecule has 0 saturated carbocycles. The predicted molar refractivity (Wildman–Crippen MR) is 63.1 cm³/mol. The number of ether oxygens (including phenoxy) is 1. The van der Waals surface area contributed by atoms with E-state index >= 15 is 0 Å². The number of benzene rings is 1. The van der Waals surface area contributed by atoms with Gasteiger partial charge in [-0.25, -0.2) is 4.79 Å². The summed E-state index contributed by atoms with van der Waals surface area (Å²) < 4.78 is 4.81. The SMILES string of the molecule is CCOC(=O)C(Cc1ccc(O)c(O)c1)NC=O. The molecule has 3 N–H and O–H groups in total. The lowest BCUT2D eigenvalue weighted by Crippen LogP contribution is -2.39. The molecule has 0 aliphatic carbocycles. The smallest absolute Gasteiger partial charge is 0.328 e. The molecule has 18 heavy (non-hydrogen) atoms. The molecule has 0 aliphatic heterocycles. The van der Waals surface area contributed by atoms with Gasteiger partial charge in [-0.3, -0.25) is 4.79 Å². The van der Waals surface area contributed by atoms with Crippen LogP contribution >= 0.6 is 0 Å². The van der Waals surface area contributed by atoms with Crippen LogP contribution in [-0.4, -0.2) is 35.2 Å². The van der Waals surface area contributed by atoms with Gasteiger partial charge in [0.1, 0.15) is 6.04 Å². The average molecular weight is 253 g/mol. The minimum absolute atomic E-state index is 0.172. The molecule has 6 heteroatoms. The van der Waals surface area contributed by atoms with E-state index in [1.807, 2.05) is 0 Å². The van der Waals surface area contributed by atoms with Gasteiger partial charge in [0.25, 0.3) is 0 Å².